The van der Waals surface area contributed by atoms with Gasteiger partial charge in [0.25, 0.3) is 5.91 Å². The first-order valence-electron chi connectivity index (χ1n) is 9.17. The van der Waals surface area contributed by atoms with Crippen molar-refractivity contribution in [2.45, 2.75) is 46.5 Å². The zero-order valence-electron chi connectivity index (χ0n) is 16.4. The van der Waals surface area contributed by atoms with Crippen molar-refractivity contribution < 1.29 is 9.90 Å². The molecule has 0 saturated carbocycles. The number of carbonyl (C=O) groups is 1. The van der Waals surface area contributed by atoms with Gasteiger partial charge in [0.15, 0.2) is 0 Å². The number of rotatable bonds is 5. The van der Waals surface area contributed by atoms with Crippen molar-refractivity contribution in [2.75, 3.05) is 27.2 Å². The molecule has 0 aromatic carbocycles. The van der Waals surface area contributed by atoms with Crippen molar-refractivity contribution in [3.8, 4) is 0 Å². The largest absolute Gasteiger partial charge is 0.385 e. The molecule has 7 nitrogen and oxygen atoms in total. The molecule has 0 spiro atoms. The molecule has 0 aliphatic carbocycles. The van der Waals surface area contributed by atoms with Crippen LogP contribution in [0.15, 0.2) is 12.1 Å². The molecule has 0 saturated heterocycles. The van der Waals surface area contributed by atoms with Crippen LogP contribution in [-0.2, 0) is 19.6 Å². The minimum absolute atomic E-state index is 0.0700. The molecule has 0 unspecified atom stereocenters. The van der Waals surface area contributed by atoms with Crippen LogP contribution in [0.1, 0.15) is 46.2 Å². The first-order valence-corrected chi connectivity index (χ1v) is 9.17. The fraction of sp³-hybridized carbons (Fsp3) is 0.579. The van der Waals surface area contributed by atoms with E-state index in [1.54, 1.807) is 0 Å². The fourth-order valence-electron chi connectivity index (χ4n) is 3.74. The number of aliphatic hydroxyl groups is 1. The summed E-state index contributed by atoms with van der Waals surface area (Å²) in [5.74, 6) is 0.0700. The van der Waals surface area contributed by atoms with Crippen LogP contribution in [0, 0.1) is 13.8 Å². The van der Waals surface area contributed by atoms with E-state index < -0.39 is 6.10 Å². The Morgan fingerprint density at radius 3 is 2.65 bits per heavy atom. The van der Waals surface area contributed by atoms with Gasteiger partial charge in [0.2, 0.25) is 0 Å². The Hall–Kier alpha value is -2.12. The molecule has 3 heterocycles. The molecule has 1 aliphatic rings. The first kappa shape index (κ1) is 18.7. The molecule has 1 N–H and O–H groups in total. The summed E-state index contributed by atoms with van der Waals surface area (Å²) < 4.78 is 4.07. The highest BCUT2D eigenvalue weighted by molar-refractivity contribution is 5.95. The van der Waals surface area contributed by atoms with E-state index in [9.17, 15) is 9.90 Å². The van der Waals surface area contributed by atoms with E-state index in [0.717, 1.165) is 29.2 Å². The molecule has 26 heavy (non-hydrogen) atoms. The Morgan fingerprint density at radius 1 is 1.31 bits per heavy atom. The zero-order chi connectivity index (χ0) is 19.0. The average Bonchev–Trinajstić information content (AvgIpc) is 3.13. The van der Waals surface area contributed by atoms with Crippen molar-refractivity contribution in [3.05, 3.63) is 40.5 Å². The van der Waals surface area contributed by atoms with Crippen molar-refractivity contribution >= 4 is 5.91 Å². The average molecular weight is 359 g/mol. The summed E-state index contributed by atoms with van der Waals surface area (Å²) >= 11 is 0. The monoisotopic (exact) mass is 359 g/mol. The molecular formula is C19H29N5O2. The molecule has 1 atom stereocenters. The summed E-state index contributed by atoms with van der Waals surface area (Å²) in [4.78, 5) is 16.8. The topological polar surface area (TPSA) is 66.5 Å². The molecule has 7 heteroatoms. The van der Waals surface area contributed by atoms with Gasteiger partial charge >= 0.3 is 0 Å². The summed E-state index contributed by atoms with van der Waals surface area (Å²) in [6.07, 6.45) is -0.615. The van der Waals surface area contributed by atoms with Gasteiger partial charge in [-0.1, -0.05) is 0 Å². The van der Waals surface area contributed by atoms with Crippen LogP contribution < -0.4 is 0 Å². The maximum Gasteiger partial charge on any atom is 0.256 e. The Balaban J connectivity index is 1.78. The van der Waals surface area contributed by atoms with E-state index in [0.29, 0.717) is 31.9 Å². The molecule has 0 bridgehead atoms. The number of aromatic nitrogens is 3. The highest BCUT2D eigenvalue weighted by Crippen LogP contribution is 2.22. The van der Waals surface area contributed by atoms with Crippen LogP contribution in [0.4, 0.5) is 0 Å². The van der Waals surface area contributed by atoms with Gasteiger partial charge in [-0.15, -0.1) is 0 Å². The third-order valence-corrected chi connectivity index (χ3v) is 5.10. The summed E-state index contributed by atoms with van der Waals surface area (Å²) in [6, 6.07) is 3.91. The maximum atomic E-state index is 13.0. The smallest absolute Gasteiger partial charge is 0.256 e. The van der Waals surface area contributed by atoms with Crippen molar-refractivity contribution in [3.63, 3.8) is 0 Å². The molecule has 2 aromatic heterocycles. The molecule has 0 radical (unpaired) electrons. The minimum Gasteiger partial charge on any atom is -0.385 e. The van der Waals surface area contributed by atoms with Crippen LogP contribution in [0.3, 0.4) is 0 Å². The second kappa shape index (κ2) is 7.25. The number of amides is 1. The number of fused-ring (bicyclic) bond motifs is 1. The number of hydrogen-bond donors (Lipinski definition) is 1. The molecule has 2 aromatic rings. The Bertz CT molecular complexity index is 805. The van der Waals surface area contributed by atoms with Gasteiger partial charge in [-0.2, -0.15) is 5.10 Å². The lowest BCUT2D eigenvalue weighted by molar-refractivity contribution is 0.0704. The number of nitrogens with zero attached hydrogens (tertiary/aromatic N) is 5. The second-order valence-electron chi connectivity index (χ2n) is 7.32. The van der Waals surface area contributed by atoms with Crippen LogP contribution in [-0.4, -0.2) is 62.3 Å². The lowest BCUT2D eigenvalue weighted by Gasteiger charge is -2.27. The number of likely N-dealkylation sites (N-methyl/N-ethyl adjacent to an activating group) is 1. The van der Waals surface area contributed by atoms with Gasteiger partial charge in [-0.3, -0.25) is 9.48 Å². The highest BCUT2D eigenvalue weighted by atomic mass is 16.3. The van der Waals surface area contributed by atoms with Gasteiger partial charge in [-0.05, 0) is 47.0 Å². The number of aryl methyl sites for hydroxylation is 1. The molecule has 1 aliphatic heterocycles. The molecule has 1 amide bonds. The lowest BCUT2D eigenvalue weighted by atomic mass is 10.1. The van der Waals surface area contributed by atoms with E-state index in [-0.39, 0.29) is 5.91 Å². The van der Waals surface area contributed by atoms with Crippen molar-refractivity contribution in [2.24, 2.45) is 0 Å². The van der Waals surface area contributed by atoms with E-state index in [2.05, 4.69) is 16.6 Å². The van der Waals surface area contributed by atoms with Gasteiger partial charge in [-0.25, -0.2) is 0 Å². The van der Waals surface area contributed by atoms with Crippen LogP contribution in [0.2, 0.25) is 0 Å². The van der Waals surface area contributed by atoms with Gasteiger partial charge < -0.3 is 19.5 Å². The van der Waals surface area contributed by atoms with E-state index in [1.165, 1.54) is 0 Å². The molecular weight excluding hydrogens is 330 g/mol. The number of hydrogen-bond acceptors (Lipinski definition) is 4. The summed E-state index contributed by atoms with van der Waals surface area (Å²) in [5.41, 5.74) is 4.57. The highest BCUT2D eigenvalue weighted by Gasteiger charge is 2.27. The Morgan fingerprint density at radius 2 is 2.04 bits per heavy atom. The third kappa shape index (κ3) is 3.41. The molecule has 3 rings (SSSR count). The first-order chi connectivity index (χ1) is 12.3. The molecule has 0 fully saturated rings. The van der Waals surface area contributed by atoms with E-state index >= 15 is 0 Å². The number of aliphatic hydroxyl groups excluding tert-OH is 1. The lowest BCUT2D eigenvalue weighted by Crippen LogP contribution is -2.38. The fourth-order valence-corrected chi connectivity index (χ4v) is 3.74. The third-order valence-electron chi connectivity index (χ3n) is 5.10. The minimum atomic E-state index is -0.615. The summed E-state index contributed by atoms with van der Waals surface area (Å²) in [5, 5.41) is 14.8. The number of carbonyl (C=O) groups excluding carboxylic acids is 1. The predicted molar refractivity (Wildman–Crippen MR) is 100 cm³/mol. The van der Waals surface area contributed by atoms with Crippen molar-refractivity contribution in [1.29, 1.82) is 0 Å². The van der Waals surface area contributed by atoms with Gasteiger partial charge in [0.05, 0.1) is 30.0 Å². The predicted octanol–water partition coefficient (Wildman–Crippen LogP) is 1.57. The SMILES string of the molecule is CCn1c(C)cc(C(=O)N2CCn3nc([C@H](O)CN(C)C)cc3C2)c1C. The van der Waals surface area contributed by atoms with Gasteiger partial charge in [0.1, 0.15) is 6.10 Å². The van der Waals surface area contributed by atoms with E-state index in [4.69, 9.17) is 0 Å². The van der Waals surface area contributed by atoms with Crippen LogP contribution >= 0.6 is 0 Å². The quantitative estimate of drug-likeness (QED) is 0.880. The zero-order valence-corrected chi connectivity index (χ0v) is 16.4. The Kier molecular flexibility index (Phi) is 5.20. The van der Waals surface area contributed by atoms with Crippen molar-refractivity contribution in [1.82, 2.24) is 24.1 Å². The summed E-state index contributed by atoms with van der Waals surface area (Å²) in [6.45, 7) is 9.34. The summed E-state index contributed by atoms with van der Waals surface area (Å²) in [7, 11) is 3.85. The maximum absolute atomic E-state index is 13.0. The van der Waals surface area contributed by atoms with Crippen LogP contribution in [0.25, 0.3) is 0 Å². The molecule has 142 valence electrons. The normalized spacial score (nSPS) is 15.4. The standard InChI is InChI=1S/C19H29N5O2/c1-6-23-13(2)9-16(14(23)3)19(26)22-7-8-24-15(11-22)10-17(20-24)18(25)12-21(4)5/h9-10,18,25H,6-8,11-12H2,1-5H3/t18-/m1/s1. The van der Waals surface area contributed by atoms with E-state index in [1.807, 2.05) is 54.6 Å². The Labute approximate surface area is 154 Å². The van der Waals surface area contributed by atoms with Gasteiger partial charge in [0, 0.05) is 31.0 Å². The second-order valence-corrected chi connectivity index (χ2v) is 7.32. The van der Waals surface area contributed by atoms with Crippen LogP contribution in [0.5, 0.6) is 0 Å².